The molecule has 4 heteroatoms. The number of hydrogen-bond acceptors (Lipinski definition) is 4. The highest BCUT2D eigenvalue weighted by molar-refractivity contribution is 5.81. The summed E-state index contributed by atoms with van der Waals surface area (Å²) in [5.74, 6) is 0.264. The van der Waals surface area contributed by atoms with Gasteiger partial charge >= 0.3 is 5.97 Å². The highest BCUT2D eigenvalue weighted by Gasteiger charge is 2.24. The lowest BCUT2D eigenvalue weighted by molar-refractivity contribution is -0.134. The maximum Gasteiger partial charge on any atom is 0.331 e. The summed E-state index contributed by atoms with van der Waals surface area (Å²) in [4.78, 5) is 13.0. The summed E-state index contributed by atoms with van der Waals surface area (Å²) in [5, 5.41) is 0. The molecule has 0 N–H and O–H groups in total. The van der Waals surface area contributed by atoms with Crippen molar-refractivity contribution in [1.82, 2.24) is 4.90 Å². The number of nitrogens with zero attached hydrogens (tertiary/aromatic N) is 1. The first kappa shape index (κ1) is 12.0. The molecule has 1 aliphatic heterocycles. The van der Waals surface area contributed by atoms with Crippen molar-refractivity contribution in [3.8, 4) is 0 Å². The molecule has 0 bridgehead atoms. The highest BCUT2D eigenvalue weighted by atomic mass is 16.5. The molecule has 1 heterocycles. The fraction of sp³-hybridized carbons (Fsp3) is 0.727. The van der Waals surface area contributed by atoms with E-state index in [0.29, 0.717) is 5.92 Å². The molecule has 0 radical (unpaired) electrons. The number of carbonyl (C=O) groups is 1. The molecule has 86 valence electrons. The maximum absolute atomic E-state index is 10.9. The van der Waals surface area contributed by atoms with Crippen molar-refractivity contribution in [2.75, 3.05) is 27.3 Å². The Morgan fingerprint density at radius 1 is 1.47 bits per heavy atom. The third-order valence-electron chi connectivity index (χ3n) is 2.85. The van der Waals surface area contributed by atoms with Crippen LogP contribution in [0.5, 0.6) is 0 Å². The summed E-state index contributed by atoms with van der Waals surface area (Å²) in [6, 6.07) is 0. The molecule has 15 heavy (non-hydrogen) atoms. The molecule has 0 aliphatic carbocycles. The zero-order valence-corrected chi connectivity index (χ0v) is 9.60. The molecule has 0 amide bonds. The maximum atomic E-state index is 10.9. The Hall–Kier alpha value is -1.03. The van der Waals surface area contributed by atoms with Crippen LogP contribution in [0.15, 0.2) is 12.3 Å². The second-order valence-corrected chi connectivity index (χ2v) is 3.87. The molecule has 1 fully saturated rings. The van der Waals surface area contributed by atoms with Gasteiger partial charge in [0, 0.05) is 32.5 Å². The quantitative estimate of drug-likeness (QED) is 0.518. The monoisotopic (exact) mass is 213 g/mol. The van der Waals surface area contributed by atoms with E-state index < -0.39 is 0 Å². The zero-order valence-electron chi connectivity index (χ0n) is 9.60. The minimum Gasteiger partial charge on any atom is -0.466 e. The van der Waals surface area contributed by atoms with Crippen LogP contribution >= 0.6 is 0 Å². The molecule has 1 aliphatic rings. The van der Waals surface area contributed by atoms with E-state index in [2.05, 4.69) is 16.6 Å². The first-order chi connectivity index (χ1) is 7.17. The minimum atomic E-state index is -0.317. The average Bonchev–Trinajstić information content (AvgIpc) is 2.27. The Morgan fingerprint density at radius 3 is 2.80 bits per heavy atom. The molecule has 0 spiro atoms. The third kappa shape index (κ3) is 3.55. The van der Waals surface area contributed by atoms with Crippen molar-refractivity contribution in [2.45, 2.75) is 19.4 Å². The summed E-state index contributed by atoms with van der Waals surface area (Å²) in [6.07, 6.45) is 4.57. The molecule has 0 saturated carbocycles. The van der Waals surface area contributed by atoms with Gasteiger partial charge in [-0.2, -0.15) is 0 Å². The van der Waals surface area contributed by atoms with Crippen LogP contribution in [0.2, 0.25) is 0 Å². The first-order valence-electron chi connectivity index (χ1n) is 5.20. The lowest BCUT2D eigenvalue weighted by Gasteiger charge is -2.35. The van der Waals surface area contributed by atoms with Gasteiger partial charge in [0.2, 0.25) is 0 Å². The van der Waals surface area contributed by atoms with E-state index in [1.807, 2.05) is 0 Å². The molecule has 2 atom stereocenters. The van der Waals surface area contributed by atoms with Gasteiger partial charge in [-0.3, -0.25) is 0 Å². The summed E-state index contributed by atoms with van der Waals surface area (Å²) in [7, 11) is 3.11. The van der Waals surface area contributed by atoms with Crippen molar-refractivity contribution in [3.05, 3.63) is 12.3 Å². The van der Waals surface area contributed by atoms with E-state index in [9.17, 15) is 4.79 Å². The van der Waals surface area contributed by atoms with E-state index in [1.165, 1.54) is 13.2 Å². The van der Waals surface area contributed by atoms with Crippen LogP contribution in [0.3, 0.4) is 0 Å². The molecule has 0 aromatic heterocycles. The second kappa shape index (κ2) is 5.75. The van der Waals surface area contributed by atoms with Gasteiger partial charge in [-0.15, -0.1) is 0 Å². The number of rotatable bonds is 3. The van der Waals surface area contributed by atoms with Gasteiger partial charge in [-0.1, -0.05) is 6.92 Å². The summed E-state index contributed by atoms with van der Waals surface area (Å²) >= 11 is 0. The number of esters is 1. The first-order valence-corrected chi connectivity index (χ1v) is 5.20. The van der Waals surface area contributed by atoms with Crippen molar-refractivity contribution < 1.29 is 14.3 Å². The molecular formula is C11H19NO3. The third-order valence-corrected chi connectivity index (χ3v) is 2.85. The topological polar surface area (TPSA) is 38.8 Å². The van der Waals surface area contributed by atoms with E-state index >= 15 is 0 Å². The van der Waals surface area contributed by atoms with Crippen LogP contribution < -0.4 is 0 Å². The molecular weight excluding hydrogens is 194 g/mol. The van der Waals surface area contributed by atoms with Crippen molar-refractivity contribution in [1.29, 1.82) is 0 Å². The normalized spacial score (nSPS) is 27.0. The minimum absolute atomic E-state index is 0.251. The summed E-state index contributed by atoms with van der Waals surface area (Å²) in [6.45, 7) is 4.00. The van der Waals surface area contributed by atoms with Gasteiger partial charge < -0.3 is 14.4 Å². The number of methoxy groups -OCH3 is 2. The van der Waals surface area contributed by atoms with Gasteiger partial charge in [0.1, 0.15) is 0 Å². The van der Waals surface area contributed by atoms with Crippen LogP contribution in [0.1, 0.15) is 13.3 Å². The van der Waals surface area contributed by atoms with Gasteiger partial charge in [0.15, 0.2) is 0 Å². The van der Waals surface area contributed by atoms with Crippen LogP contribution in [-0.2, 0) is 14.3 Å². The van der Waals surface area contributed by atoms with Crippen LogP contribution in [0, 0.1) is 5.92 Å². The van der Waals surface area contributed by atoms with Crippen molar-refractivity contribution in [3.63, 3.8) is 0 Å². The molecule has 0 aromatic carbocycles. The zero-order chi connectivity index (χ0) is 11.3. The fourth-order valence-corrected chi connectivity index (χ4v) is 1.73. The van der Waals surface area contributed by atoms with Gasteiger partial charge in [-0.25, -0.2) is 4.79 Å². The number of carbonyl (C=O) groups excluding carboxylic acids is 1. The van der Waals surface area contributed by atoms with Gasteiger partial charge in [-0.05, 0) is 12.3 Å². The lowest BCUT2D eigenvalue weighted by atomic mass is 9.96. The smallest absolute Gasteiger partial charge is 0.331 e. The SMILES string of the molecule is COC(=O)/C=C/N1CCC(C)C(OC)C1. The standard InChI is InChI=1S/C11H19NO3/c1-9-4-6-12(8-10(9)14-2)7-5-11(13)15-3/h5,7,9-10H,4,6,8H2,1-3H3/b7-5+. The van der Waals surface area contributed by atoms with Gasteiger partial charge in [0.25, 0.3) is 0 Å². The second-order valence-electron chi connectivity index (χ2n) is 3.87. The Balaban J connectivity index is 2.44. The number of piperidine rings is 1. The average molecular weight is 213 g/mol. The Labute approximate surface area is 90.8 Å². The summed E-state index contributed by atoms with van der Waals surface area (Å²) in [5.41, 5.74) is 0. The van der Waals surface area contributed by atoms with E-state index in [1.54, 1.807) is 13.3 Å². The van der Waals surface area contributed by atoms with Crippen LogP contribution in [0.25, 0.3) is 0 Å². The lowest BCUT2D eigenvalue weighted by Crippen LogP contribution is -2.41. The van der Waals surface area contributed by atoms with Crippen molar-refractivity contribution in [2.24, 2.45) is 5.92 Å². The predicted molar refractivity (Wildman–Crippen MR) is 57.3 cm³/mol. The number of ether oxygens (including phenoxy) is 2. The number of likely N-dealkylation sites (tertiary alicyclic amines) is 1. The summed E-state index contributed by atoms with van der Waals surface area (Å²) < 4.78 is 9.91. The Kier molecular flexibility index (Phi) is 4.62. The number of hydrogen-bond donors (Lipinski definition) is 0. The van der Waals surface area contributed by atoms with E-state index in [4.69, 9.17) is 4.74 Å². The van der Waals surface area contributed by atoms with Crippen LogP contribution in [0.4, 0.5) is 0 Å². The van der Waals surface area contributed by atoms with Gasteiger partial charge in [0.05, 0.1) is 13.2 Å². The molecule has 1 rings (SSSR count). The van der Waals surface area contributed by atoms with E-state index in [0.717, 1.165) is 19.5 Å². The highest BCUT2D eigenvalue weighted by Crippen LogP contribution is 2.19. The predicted octanol–water partition coefficient (Wildman–Crippen LogP) is 1.03. The fourth-order valence-electron chi connectivity index (χ4n) is 1.73. The van der Waals surface area contributed by atoms with Crippen LogP contribution in [-0.4, -0.2) is 44.3 Å². The molecule has 2 unspecified atom stereocenters. The molecule has 0 aromatic rings. The molecule has 4 nitrogen and oxygen atoms in total. The Bertz CT molecular complexity index is 240. The largest absolute Gasteiger partial charge is 0.466 e. The Morgan fingerprint density at radius 2 is 2.20 bits per heavy atom. The van der Waals surface area contributed by atoms with Crippen molar-refractivity contribution >= 4 is 5.97 Å². The molecule has 1 saturated heterocycles. The van der Waals surface area contributed by atoms with E-state index in [-0.39, 0.29) is 12.1 Å².